The normalized spacial score (nSPS) is 10.4. The summed E-state index contributed by atoms with van der Waals surface area (Å²) in [5, 5.41) is 12.7. The summed E-state index contributed by atoms with van der Waals surface area (Å²) in [4.78, 5) is 28.6. The number of fused-ring (bicyclic) bond motifs is 1. The van der Waals surface area contributed by atoms with Gasteiger partial charge in [0.25, 0.3) is 5.91 Å². The molecule has 2 amide bonds. The van der Waals surface area contributed by atoms with Crippen LogP contribution in [0.25, 0.3) is 10.9 Å². The molecule has 3 rings (SSSR count). The van der Waals surface area contributed by atoms with Gasteiger partial charge in [-0.25, -0.2) is 4.79 Å². The molecule has 0 saturated heterocycles. The molecule has 0 spiro atoms. The van der Waals surface area contributed by atoms with E-state index >= 15 is 0 Å². The van der Waals surface area contributed by atoms with E-state index < -0.39 is 6.09 Å². The molecule has 0 bridgehead atoms. The lowest BCUT2D eigenvalue weighted by Crippen LogP contribution is -2.23. The number of nitrogens with zero attached hydrogens (tertiary/aromatic N) is 2. The number of carbonyl (C=O) groups is 2. The van der Waals surface area contributed by atoms with E-state index in [9.17, 15) is 9.59 Å². The van der Waals surface area contributed by atoms with Crippen LogP contribution >= 0.6 is 0 Å². The predicted molar refractivity (Wildman–Crippen MR) is 92.6 cm³/mol. The number of aromatic nitrogens is 1. The van der Waals surface area contributed by atoms with Gasteiger partial charge in [-0.1, -0.05) is 18.2 Å². The number of hydrogen-bond acceptors (Lipinski definition) is 3. The van der Waals surface area contributed by atoms with Crippen LogP contribution < -0.4 is 10.2 Å². The molecule has 0 aliphatic heterocycles. The molecule has 0 atom stereocenters. The first-order chi connectivity index (χ1) is 11.5. The average molecular weight is 321 g/mol. The number of hydrogen-bond donors (Lipinski definition) is 2. The fourth-order valence-corrected chi connectivity index (χ4v) is 2.29. The van der Waals surface area contributed by atoms with Gasteiger partial charge < -0.3 is 10.4 Å². The van der Waals surface area contributed by atoms with Crippen molar-refractivity contribution >= 4 is 34.3 Å². The number of pyridine rings is 1. The fourth-order valence-electron chi connectivity index (χ4n) is 2.29. The number of rotatable bonds is 3. The van der Waals surface area contributed by atoms with Crippen molar-refractivity contribution in [2.45, 2.75) is 0 Å². The van der Waals surface area contributed by atoms with E-state index in [1.165, 1.54) is 7.05 Å². The number of benzene rings is 2. The lowest BCUT2D eigenvalue weighted by atomic mass is 10.1. The van der Waals surface area contributed by atoms with Crippen molar-refractivity contribution in [1.82, 2.24) is 4.98 Å². The summed E-state index contributed by atoms with van der Waals surface area (Å²) < 4.78 is 0. The van der Waals surface area contributed by atoms with Crippen LogP contribution in [-0.4, -0.2) is 29.1 Å². The van der Waals surface area contributed by atoms with Crippen LogP contribution in [0.4, 0.5) is 16.2 Å². The van der Waals surface area contributed by atoms with Crippen molar-refractivity contribution < 1.29 is 14.7 Å². The van der Waals surface area contributed by atoms with Crippen molar-refractivity contribution in [3.8, 4) is 0 Å². The van der Waals surface area contributed by atoms with Crippen LogP contribution in [0, 0.1) is 0 Å². The molecule has 0 radical (unpaired) electrons. The van der Waals surface area contributed by atoms with Crippen LogP contribution in [0.1, 0.15) is 10.4 Å². The highest BCUT2D eigenvalue weighted by atomic mass is 16.4. The fraction of sp³-hybridized carbons (Fsp3) is 0.0556. The maximum absolute atomic E-state index is 12.3. The number of carbonyl (C=O) groups excluding carboxylic acids is 1. The summed E-state index contributed by atoms with van der Waals surface area (Å²) in [5.74, 6) is -0.281. The van der Waals surface area contributed by atoms with Crippen LogP contribution in [0.2, 0.25) is 0 Å². The Morgan fingerprint density at radius 1 is 1.08 bits per heavy atom. The zero-order valence-corrected chi connectivity index (χ0v) is 12.9. The Hall–Kier alpha value is -3.41. The average Bonchev–Trinajstić information content (AvgIpc) is 2.61. The zero-order chi connectivity index (χ0) is 17.1. The maximum Gasteiger partial charge on any atom is 0.411 e. The number of para-hydroxylation sites is 1. The Kier molecular flexibility index (Phi) is 4.11. The van der Waals surface area contributed by atoms with E-state index in [-0.39, 0.29) is 5.91 Å². The molecular formula is C18H15N3O3. The molecule has 0 fully saturated rings. The van der Waals surface area contributed by atoms with Gasteiger partial charge in [0, 0.05) is 23.7 Å². The minimum absolute atomic E-state index is 0.281. The summed E-state index contributed by atoms with van der Waals surface area (Å²) in [5.41, 5.74) is 2.39. The van der Waals surface area contributed by atoms with Gasteiger partial charge in [0.15, 0.2) is 0 Å². The Balaban J connectivity index is 1.77. The molecule has 120 valence electrons. The lowest BCUT2D eigenvalue weighted by molar-refractivity contribution is 0.102. The molecule has 0 unspecified atom stereocenters. The highest BCUT2D eigenvalue weighted by Crippen LogP contribution is 2.18. The molecule has 0 aliphatic carbocycles. The Morgan fingerprint density at radius 2 is 1.79 bits per heavy atom. The first kappa shape index (κ1) is 15.5. The summed E-state index contributed by atoms with van der Waals surface area (Å²) in [6, 6.07) is 15.8. The summed E-state index contributed by atoms with van der Waals surface area (Å²) >= 11 is 0. The molecule has 1 heterocycles. The van der Waals surface area contributed by atoms with Gasteiger partial charge >= 0.3 is 6.09 Å². The molecule has 2 aromatic carbocycles. The lowest BCUT2D eigenvalue weighted by Gasteiger charge is -2.13. The molecule has 0 saturated carbocycles. The van der Waals surface area contributed by atoms with Crippen LogP contribution in [-0.2, 0) is 0 Å². The summed E-state index contributed by atoms with van der Waals surface area (Å²) in [7, 11) is 1.44. The molecule has 2 N–H and O–H groups in total. The van der Waals surface area contributed by atoms with Crippen LogP contribution in [0.3, 0.4) is 0 Å². The highest BCUT2D eigenvalue weighted by molar-refractivity contribution is 6.05. The third-order valence-electron chi connectivity index (χ3n) is 3.65. The van der Waals surface area contributed by atoms with Crippen molar-refractivity contribution in [2.24, 2.45) is 0 Å². The molecule has 3 aromatic rings. The Bertz CT molecular complexity index is 907. The Labute approximate surface area is 138 Å². The smallest absolute Gasteiger partial charge is 0.411 e. The molecule has 0 aliphatic rings. The van der Waals surface area contributed by atoms with E-state index in [4.69, 9.17) is 5.11 Å². The number of nitrogens with one attached hydrogen (secondary N) is 1. The second-order valence-corrected chi connectivity index (χ2v) is 5.26. The second kappa shape index (κ2) is 6.37. The van der Waals surface area contributed by atoms with E-state index in [1.54, 1.807) is 30.5 Å². The second-order valence-electron chi connectivity index (χ2n) is 5.26. The minimum Gasteiger partial charge on any atom is -0.465 e. The largest absolute Gasteiger partial charge is 0.465 e. The summed E-state index contributed by atoms with van der Waals surface area (Å²) in [6.07, 6.45) is 0.543. The van der Waals surface area contributed by atoms with Crippen molar-refractivity contribution in [3.05, 3.63) is 66.4 Å². The zero-order valence-electron chi connectivity index (χ0n) is 12.9. The number of anilines is 2. The minimum atomic E-state index is -1.06. The summed E-state index contributed by atoms with van der Waals surface area (Å²) in [6.45, 7) is 0. The third-order valence-corrected chi connectivity index (χ3v) is 3.65. The molecule has 1 aromatic heterocycles. The van der Waals surface area contributed by atoms with E-state index in [0.717, 1.165) is 15.8 Å². The van der Waals surface area contributed by atoms with Gasteiger partial charge in [-0.15, -0.1) is 0 Å². The van der Waals surface area contributed by atoms with Crippen molar-refractivity contribution in [3.63, 3.8) is 0 Å². The van der Waals surface area contributed by atoms with Gasteiger partial charge in [-0.2, -0.15) is 0 Å². The Morgan fingerprint density at radius 3 is 2.50 bits per heavy atom. The quantitative estimate of drug-likeness (QED) is 0.772. The van der Waals surface area contributed by atoms with E-state index in [2.05, 4.69) is 10.3 Å². The third kappa shape index (κ3) is 3.17. The van der Waals surface area contributed by atoms with E-state index in [0.29, 0.717) is 16.9 Å². The van der Waals surface area contributed by atoms with Gasteiger partial charge in [-0.05, 0) is 36.4 Å². The molecule has 24 heavy (non-hydrogen) atoms. The van der Waals surface area contributed by atoms with Gasteiger partial charge in [-0.3, -0.25) is 14.7 Å². The van der Waals surface area contributed by atoms with Crippen LogP contribution in [0.15, 0.2) is 60.8 Å². The monoisotopic (exact) mass is 321 g/mol. The standard InChI is InChI=1S/C18H15N3O3/c1-21(18(23)24)15-8-6-12(7-9-15)17(22)20-14-10-13-4-2-3-5-16(13)19-11-14/h2-11H,1H3,(H,20,22)(H,23,24). The van der Waals surface area contributed by atoms with Crippen molar-refractivity contribution in [2.75, 3.05) is 17.3 Å². The molecule has 6 heteroatoms. The van der Waals surface area contributed by atoms with Gasteiger partial charge in [0.2, 0.25) is 0 Å². The maximum atomic E-state index is 12.3. The number of carboxylic acid groups (broad SMARTS) is 1. The SMILES string of the molecule is CN(C(=O)O)c1ccc(C(=O)Nc2cnc3ccccc3c2)cc1. The topological polar surface area (TPSA) is 82.5 Å². The molecular weight excluding hydrogens is 306 g/mol. The van der Waals surface area contributed by atoms with Crippen LogP contribution in [0.5, 0.6) is 0 Å². The van der Waals surface area contributed by atoms with Gasteiger partial charge in [0.05, 0.1) is 17.4 Å². The highest BCUT2D eigenvalue weighted by Gasteiger charge is 2.11. The van der Waals surface area contributed by atoms with E-state index in [1.807, 2.05) is 30.3 Å². The predicted octanol–water partition coefficient (Wildman–Crippen LogP) is 3.60. The first-order valence-electron chi connectivity index (χ1n) is 7.27. The number of amides is 2. The van der Waals surface area contributed by atoms with Gasteiger partial charge in [0.1, 0.15) is 0 Å². The first-order valence-corrected chi connectivity index (χ1v) is 7.27. The van der Waals surface area contributed by atoms with Crippen molar-refractivity contribution in [1.29, 1.82) is 0 Å². The molecule has 6 nitrogen and oxygen atoms in total.